The van der Waals surface area contributed by atoms with Gasteiger partial charge in [-0.05, 0) is 12.8 Å². The van der Waals surface area contributed by atoms with Crippen molar-refractivity contribution in [2.24, 2.45) is 0 Å². The van der Waals surface area contributed by atoms with Gasteiger partial charge in [-0.3, -0.25) is 29.1 Å². The number of ether oxygens (including phenoxy) is 2. The van der Waals surface area contributed by atoms with E-state index in [1.807, 2.05) is 6.92 Å². The molecule has 1 saturated heterocycles. The Hall–Kier alpha value is -2.59. The molecule has 148 valence electrons. The van der Waals surface area contributed by atoms with Crippen LogP contribution in [0.4, 0.5) is 0 Å². The molecule has 3 amide bonds. The number of amides is 3. The maximum atomic E-state index is 12.2. The highest BCUT2D eigenvalue weighted by Crippen LogP contribution is 2.15. The van der Waals surface area contributed by atoms with Gasteiger partial charge in [-0.1, -0.05) is 6.92 Å². The highest BCUT2D eigenvalue weighted by atomic mass is 16.5. The number of carbonyl (C=O) groups is 3. The minimum absolute atomic E-state index is 0.0465. The second-order valence-electron chi connectivity index (χ2n) is 5.97. The third-order valence-corrected chi connectivity index (χ3v) is 3.87. The van der Waals surface area contributed by atoms with Crippen LogP contribution in [-0.4, -0.2) is 60.2 Å². The highest BCUT2D eigenvalue weighted by molar-refractivity contribution is 5.99. The third kappa shape index (κ3) is 6.26. The fourth-order valence-corrected chi connectivity index (χ4v) is 2.51. The number of rotatable bonds is 10. The van der Waals surface area contributed by atoms with E-state index in [4.69, 9.17) is 9.47 Å². The van der Waals surface area contributed by atoms with Crippen molar-refractivity contribution in [3.05, 3.63) is 28.4 Å². The van der Waals surface area contributed by atoms with Crippen molar-refractivity contribution in [3.63, 3.8) is 0 Å². The zero-order valence-electron chi connectivity index (χ0n) is 15.2. The van der Waals surface area contributed by atoms with E-state index in [0.29, 0.717) is 26.4 Å². The molecule has 2 N–H and O–H groups in total. The van der Waals surface area contributed by atoms with Crippen molar-refractivity contribution in [1.29, 1.82) is 0 Å². The normalized spacial score (nSPS) is 16.9. The van der Waals surface area contributed by atoms with E-state index in [0.717, 1.165) is 23.4 Å². The molecule has 0 spiro atoms. The standard InChI is InChI=1S/C17H24N4O6/c1-2-6-26-8-9-27-7-5-18-16(24)12-10-15(23)21(11-19-12)13-3-4-14(22)20-17(13)25/h10-11,13H,2-9H2,1H3,(H,18,24)(H,20,22,25). The van der Waals surface area contributed by atoms with Gasteiger partial charge in [-0.15, -0.1) is 0 Å². The number of hydrogen-bond acceptors (Lipinski definition) is 7. The molecule has 1 aromatic heterocycles. The monoisotopic (exact) mass is 380 g/mol. The van der Waals surface area contributed by atoms with Gasteiger partial charge >= 0.3 is 0 Å². The van der Waals surface area contributed by atoms with E-state index in [-0.39, 0.29) is 31.0 Å². The molecule has 0 aliphatic carbocycles. The van der Waals surface area contributed by atoms with Crippen molar-refractivity contribution < 1.29 is 23.9 Å². The maximum Gasteiger partial charge on any atom is 0.270 e. The summed E-state index contributed by atoms with van der Waals surface area (Å²) in [4.78, 5) is 51.2. The summed E-state index contributed by atoms with van der Waals surface area (Å²) >= 11 is 0. The molecular formula is C17H24N4O6. The first-order chi connectivity index (χ1) is 13.0. The molecule has 1 aliphatic rings. The SMILES string of the molecule is CCCOCCOCCNC(=O)c1cc(=O)n(C2CCC(=O)NC2=O)cn1. The summed E-state index contributed by atoms with van der Waals surface area (Å²) in [5.74, 6) is -1.42. The van der Waals surface area contributed by atoms with Gasteiger partial charge in [0.25, 0.3) is 11.5 Å². The Morgan fingerprint density at radius 3 is 2.67 bits per heavy atom. The molecule has 0 saturated carbocycles. The number of aromatic nitrogens is 2. The van der Waals surface area contributed by atoms with Crippen LogP contribution in [0.3, 0.4) is 0 Å². The van der Waals surface area contributed by atoms with Crippen molar-refractivity contribution in [1.82, 2.24) is 20.2 Å². The lowest BCUT2D eigenvalue weighted by molar-refractivity contribution is -0.135. The summed E-state index contributed by atoms with van der Waals surface area (Å²) in [5, 5.41) is 4.78. The molecule has 2 rings (SSSR count). The topological polar surface area (TPSA) is 129 Å². The van der Waals surface area contributed by atoms with Crippen LogP contribution < -0.4 is 16.2 Å². The lowest BCUT2D eigenvalue weighted by Crippen LogP contribution is -2.44. The van der Waals surface area contributed by atoms with Gasteiger partial charge in [0.15, 0.2) is 0 Å². The smallest absolute Gasteiger partial charge is 0.270 e. The first-order valence-electron chi connectivity index (χ1n) is 8.88. The van der Waals surface area contributed by atoms with Gasteiger partial charge < -0.3 is 14.8 Å². The molecule has 1 atom stereocenters. The van der Waals surface area contributed by atoms with Crippen LogP contribution in [0.1, 0.15) is 42.7 Å². The van der Waals surface area contributed by atoms with Crippen LogP contribution in [0.15, 0.2) is 17.2 Å². The Bertz CT molecular complexity index is 732. The zero-order chi connectivity index (χ0) is 19.6. The average molecular weight is 380 g/mol. The minimum Gasteiger partial charge on any atom is -0.379 e. The first-order valence-corrected chi connectivity index (χ1v) is 8.88. The molecule has 2 heterocycles. The Kier molecular flexibility index (Phi) is 8.08. The fraction of sp³-hybridized carbons (Fsp3) is 0.588. The summed E-state index contributed by atoms with van der Waals surface area (Å²) in [6.07, 6.45) is 2.47. The number of nitrogens with zero attached hydrogens (tertiary/aromatic N) is 2. The Labute approximate surface area is 156 Å². The maximum absolute atomic E-state index is 12.2. The molecular weight excluding hydrogens is 356 g/mol. The number of imide groups is 1. The average Bonchev–Trinajstić information content (AvgIpc) is 2.64. The van der Waals surface area contributed by atoms with Gasteiger partial charge in [-0.25, -0.2) is 4.98 Å². The highest BCUT2D eigenvalue weighted by Gasteiger charge is 2.28. The van der Waals surface area contributed by atoms with E-state index in [1.165, 1.54) is 0 Å². The van der Waals surface area contributed by atoms with Crippen LogP contribution in [0, 0.1) is 0 Å². The van der Waals surface area contributed by atoms with E-state index in [2.05, 4.69) is 15.6 Å². The predicted molar refractivity (Wildman–Crippen MR) is 94.2 cm³/mol. The summed E-state index contributed by atoms with van der Waals surface area (Å²) in [7, 11) is 0. The summed E-state index contributed by atoms with van der Waals surface area (Å²) in [5.41, 5.74) is -0.580. The minimum atomic E-state index is -0.803. The van der Waals surface area contributed by atoms with E-state index >= 15 is 0 Å². The summed E-state index contributed by atoms with van der Waals surface area (Å²) in [6.45, 7) is 4.24. The molecule has 0 aromatic carbocycles. The van der Waals surface area contributed by atoms with Crippen molar-refractivity contribution in [3.8, 4) is 0 Å². The van der Waals surface area contributed by atoms with Crippen LogP contribution in [0.5, 0.6) is 0 Å². The largest absolute Gasteiger partial charge is 0.379 e. The Morgan fingerprint density at radius 2 is 2.00 bits per heavy atom. The molecule has 0 radical (unpaired) electrons. The number of carbonyl (C=O) groups excluding carboxylic acids is 3. The molecule has 1 unspecified atom stereocenters. The predicted octanol–water partition coefficient (Wildman–Crippen LogP) is -0.606. The molecule has 0 bridgehead atoms. The lowest BCUT2D eigenvalue weighted by Gasteiger charge is -2.22. The Balaban J connectivity index is 1.80. The van der Waals surface area contributed by atoms with Gasteiger partial charge in [0.2, 0.25) is 11.8 Å². The number of hydrogen-bond donors (Lipinski definition) is 2. The van der Waals surface area contributed by atoms with Crippen LogP contribution in [0.25, 0.3) is 0 Å². The first kappa shape index (κ1) is 20.7. The lowest BCUT2D eigenvalue weighted by atomic mass is 10.1. The molecule has 10 nitrogen and oxygen atoms in total. The van der Waals surface area contributed by atoms with Gasteiger partial charge in [-0.2, -0.15) is 0 Å². The van der Waals surface area contributed by atoms with Gasteiger partial charge in [0.1, 0.15) is 11.7 Å². The van der Waals surface area contributed by atoms with Crippen molar-refractivity contribution in [2.45, 2.75) is 32.2 Å². The van der Waals surface area contributed by atoms with Crippen LogP contribution >= 0.6 is 0 Å². The fourth-order valence-electron chi connectivity index (χ4n) is 2.51. The molecule has 1 aliphatic heterocycles. The second kappa shape index (κ2) is 10.5. The van der Waals surface area contributed by atoms with Crippen LogP contribution in [0.2, 0.25) is 0 Å². The molecule has 1 aromatic rings. The van der Waals surface area contributed by atoms with Crippen molar-refractivity contribution in [2.75, 3.05) is 33.0 Å². The van der Waals surface area contributed by atoms with Gasteiger partial charge in [0, 0.05) is 25.6 Å². The quantitative estimate of drug-likeness (QED) is 0.409. The summed E-state index contributed by atoms with van der Waals surface area (Å²) < 4.78 is 11.7. The molecule has 10 heteroatoms. The van der Waals surface area contributed by atoms with Gasteiger partial charge in [0.05, 0.1) is 26.1 Å². The second-order valence-corrected chi connectivity index (χ2v) is 5.97. The number of piperidine rings is 1. The zero-order valence-corrected chi connectivity index (χ0v) is 15.2. The molecule has 27 heavy (non-hydrogen) atoms. The van der Waals surface area contributed by atoms with E-state index < -0.39 is 23.4 Å². The molecule has 1 fully saturated rings. The van der Waals surface area contributed by atoms with E-state index in [9.17, 15) is 19.2 Å². The third-order valence-electron chi connectivity index (χ3n) is 3.87. The number of nitrogens with one attached hydrogen (secondary N) is 2. The van der Waals surface area contributed by atoms with Crippen LogP contribution in [-0.2, 0) is 19.1 Å². The Morgan fingerprint density at radius 1 is 1.26 bits per heavy atom. The van der Waals surface area contributed by atoms with Crippen molar-refractivity contribution >= 4 is 17.7 Å². The summed E-state index contributed by atoms with van der Waals surface area (Å²) in [6, 6.07) is 0.265. The van der Waals surface area contributed by atoms with E-state index in [1.54, 1.807) is 0 Å².